The molecule has 6 aromatic carbocycles. The van der Waals surface area contributed by atoms with Crippen molar-refractivity contribution in [1.29, 1.82) is 0 Å². The van der Waals surface area contributed by atoms with Crippen molar-refractivity contribution in [2.75, 3.05) is 4.90 Å². The number of hydrogen-bond acceptors (Lipinski definition) is 1. The highest BCUT2D eigenvalue weighted by molar-refractivity contribution is 5.89. The lowest BCUT2D eigenvalue weighted by Crippen LogP contribution is -2.36. The topological polar surface area (TPSA) is 3.24 Å². The van der Waals surface area contributed by atoms with E-state index in [1.54, 1.807) is 5.57 Å². The monoisotopic (exact) mass is 605 g/mol. The van der Waals surface area contributed by atoms with E-state index < -0.39 is 0 Å². The SMILES string of the molecule is CC1C=C2CC(CCC23c2ccccc2-c2cc(N(c4ccc(-c5ccccc5)cc4)c4ccc(-c5ccccc5)cc4)ccc23)C1. The van der Waals surface area contributed by atoms with Crippen molar-refractivity contribution in [2.45, 2.75) is 38.0 Å². The zero-order chi connectivity index (χ0) is 31.4. The highest BCUT2D eigenvalue weighted by Gasteiger charge is 2.49. The Bertz CT molecular complexity index is 2010. The maximum atomic E-state index is 2.63. The van der Waals surface area contributed by atoms with Crippen LogP contribution in [0.3, 0.4) is 0 Å². The summed E-state index contributed by atoms with van der Waals surface area (Å²) < 4.78 is 0. The first-order chi connectivity index (χ1) is 23.2. The standard InChI is InChI=1S/C46H39N/c1-32-28-33-26-27-46(38(29-32)30-33)44-15-9-8-14-42(44)43-31-41(24-25-45(43)46)47(39-20-16-36(17-21-39)34-10-4-2-5-11-34)40-22-18-37(19-23-40)35-12-6-3-7-13-35/h2-25,29,31-33H,26-28,30H2,1H3. The van der Waals surface area contributed by atoms with Crippen molar-refractivity contribution in [2.24, 2.45) is 11.8 Å². The highest BCUT2D eigenvalue weighted by Crippen LogP contribution is 2.61. The van der Waals surface area contributed by atoms with Gasteiger partial charge in [-0.1, -0.05) is 134 Å². The Balaban J connectivity index is 1.18. The predicted octanol–water partition coefficient (Wildman–Crippen LogP) is 12.5. The van der Waals surface area contributed by atoms with Crippen LogP contribution in [0.5, 0.6) is 0 Å². The van der Waals surface area contributed by atoms with E-state index in [1.165, 1.54) is 75.9 Å². The van der Waals surface area contributed by atoms with Crippen LogP contribution in [0.1, 0.15) is 43.7 Å². The normalized spacial score (nSPS) is 20.7. The summed E-state index contributed by atoms with van der Waals surface area (Å²) in [5, 5.41) is 0. The van der Waals surface area contributed by atoms with Gasteiger partial charge in [0.25, 0.3) is 0 Å². The maximum Gasteiger partial charge on any atom is 0.0468 e. The van der Waals surface area contributed by atoms with Crippen LogP contribution < -0.4 is 4.90 Å². The first kappa shape index (κ1) is 28.1. The predicted molar refractivity (Wildman–Crippen MR) is 197 cm³/mol. The fraction of sp³-hybridized carbons (Fsp3) is 0.174. The third-order valence-electron chi connectivity index (χ3n) is 11.0. The minimum absolute atomic E-state index is 0.00906. The Morgan fingerprint density at radius 1 is 0.532 bits per heavy atom. The third-order valence-corrected chi connectivity index (χ3v) is 11.0. The molecule has 3 aliphatic rings. The first-order valence-electron chi connectivity index (χ1n) is 17.2. The molecule has 9 rings (SSSR count). The Morgan fingerprint density at radius 3 is 1.70 bits per heavy atom. The molecule has 1 spiro atoms. The highest BCUT2D eigenvalue weighted by atomic mass is 15.1. The van der Waals surface area contributed by atoms with E-state index in [9.17, 15) is 0 Å². The number of nitrogens with zero attached hydrogens (tertiary/aromatic N) is 1. The van der Waals surface area contributed by atoms with E-state index in [0.717, 1.165) is 17.3 Å². The zero-order valence-electron chi connectivity index (χ0n) is 26.9. The van der Waals surface area contributed by atoms with Gasteiger partial charge in [0, 0.05) is 22.5 Å². The molecule has 1 heteroatoms. The summed E-state index contributed by atoms with van der Waals surface area (Å²) in [6, 6.07) is 55.9. The molecule has 0 aromatic heterocycles. The second-order valence-corrected chi connectivity index (χ2v) is 13.9. The Labute approximate surface area is 278 Å². The van der Waals surface area contributed by atoms with Crippen molar-refractivity contribution in [3.8, 4) is 33.4 Å². The van der Waals surface area contributed by atoms with Crippen molar-refractivity contribution in [3.05, 3.63) is 174 Å². The van der Waals surface area contributed by atoms with Crippen molar-refractivity contribution < 1.29 is 0 Å². The van der Waals surface area contributed by atoms with Crippen LogP contribution in [-0.4, -0.2) is 0 Å². The summed E-state index contributed by atoms with van der Waals surface area (Å²) in [5.74, 6) is 1.49. The third kappa shape index (κ3) is 4.68. The van der Waals surface area contributed by atoms with Gasteiger partial charge in [0.1, 0.15) is 0 Å². The fourth-order valence-corrected chi connectivity index (χ4v) is 8.95. The molecule has 0 heterocycles. The van der Waals surface area contributed by atoms with Crippen LogP contribution in [0.15, 0.2) is 163 Å². The molecular formula is C46H39N. The second kappa shape index (κ2) is 11.3. The lowest BCUT2D eigenvalue weighted by atomic mass is 9.58. The lowest BCUT2D eigenvalue weighted by Gasteiger charge is -2.45. The molecule has 0 amide bonds. The van der Waals surface area contributed by atoms with Gasteiger partial charge in [0.2, 0.25) is 0 Å². The zero-order valence-corrected chi connectivity index (χ0v) is 26.9. The van der Waals surface area contributed by atoms with Crippen molar-refractivity contribution in [3.63, 3.8) is 0 Å². The minimum atomic E-state index is 0.00906. The Kier molecular flexibility index (Phi) is 6.75. The number of fused-ring (bicyclic) bond motifs is 8. The summed E-state index contributed by atoms with van der Waals surface area (Å²) in [6.45, 7) is 2.42. The van der Waals surface area contributed by atoms with E-state index in [0.29, 0.717) is 5.92 Å². The molecule has 0 saturated heterocycles. The molecule has 0 radical (unpaired) electrons. The molecule has 3 atom stereocenters. The van der Waals surface area contributed by atoms with Crippen molar-refractivity contribution in [1.82, 2.24) is 0 Å². The summed E-state index contributed by atoms with van der Waals surface area (Å²) in [7, 11) is 0. The van der Waals surface area contributed by atoms with E-state index in [4.69, 9.17) is 0 Å². The molecular weight excluding hydrogens is 567 g/mol. The Hall–Kier alpha value is -5.14. The smallest absolute Gasteiger partial charge is 0.0468 e. The van der Waals surface area contributed by atoms with Crippen LogP contribution in [0.4, 0.5) is 17.1 Å². The molecule has 1 fully saturated rings. The number of benzene rings is 6. The number of allylic oxidation sites excluding steroid dienone is 2. The molecule has 3 unspecified atom stereocenters. The molecule has 228 valence electrons. The largest absolute Gasteiger partial charge is 0.310 e. The van der Waals surface area contributed by atoms with Gasteiger partial charge in [0.15, 0.2) is 0 Å². The number of anilines is 3. The van der Waals surface area contributed by atoms with E-state index in [2.05, 4.69) is 170 Å². The van der Waals surface area contributed by atoms with Gasteiger partial charge in [-0.2, -0.15) is 0 Å². The number of rotatable bonds is 5. The van der Waals surface area contributed by atoms with Crippen LogP contribution in [0.2, 0.25) is 0 Å². The van der Waals surface area contributed by atoms with Crippen LogP contribution in [-0.2, 0) is 5.41 Å². The molecule has 3 aliphatic carbocycles. The van der Waals surface area contributed by atoms with Gasteiger partial charge < -0.3 is 4.90 Å². The van der Waals surface area contributed by atoms with Gasteiger partial charge in [-0.05, 0) is 118 Å². The molecule has 2 bridgehead atoms. The Morgan fingerprint density at radius 2 is 1.06 bits per heavy atom. The van der Waals surface area contributed by atoms with E-state index in [1.807, 2.05) is 0 Å². The van der Waals surface area contributed by atoms with Gasteiger partial charge in [-0.25, -0.2) is 0 Å². The molecule has 47 heavy (non-hydrogen) atoms. The fourth-order valence-electron chi connectivity index (χ4n) is 8.95. The molecule has 6 aromatic rings. The minimum Gasteiger partial charge on any atom is -0.310 e. The van der Waals surface area contributed by atoms with Crippen molar-refractivity contribution >= 4 is 17.1 Å². The van der Waals surface area contributed by atoms with Crippen LogP contribution in [0.25, 0.3) is 33.4 Å². The average molecular weight is 606 g/mol. The molecule has 1 saturated carbocycles. The summed E-state index contributed by atoms with van der Waals surface area (Å²) >= 11 is 0. The summed E-state index contributed by atoms with van der Waals surface area (Å²) in [5.41, 5.74) is 15.9. The lowest BCUT2D eigenvalue weighted by molar-refractivity contribution is 0.284. The van der Waals surface area contributed by atoms with Crippen LogP contribution in [0, 0.1) is 11.8 Å². The molecule has 1 nitrogen and oxygen atoms in total. The summed E-state index contributed by atoms with van der Waals surface area (Å²) in [4.78, 5) is 2.43. The first-order valence-corrected chi connectivity index (χ1v) is 17.2. The quantitative estimate of drug-likeness (QED) is 0.177. The van der Waals surface area contributed by atoms with E-state index >= 15 is 0 Å². The van der Waals surface area contributed by atoms with Gasteiger partial charge in [-0.15, -0.1) is 0 Å². The molecule has 0 N–H and O–H groups in total. The summed E-state index contributed by atoms with van der Waals surface area (Å²) in [6.07, 6.45) is 7.74. The van der Waals surface area contributed by atoms with Gasteiger partial charge >= 0.3 is 0 Å². The maximum absolute atomic E-state index is 2.63. The van der Waals surface area contributed by atoms with Crippen LogP contribution >= 0.6 is 0 Å². The van der Waals surface area contributed by atoms with Gasteiger partial charge in [-0.3, -0.25) is 0 Å². The van der Waals surface area contributed by atoms with Gasteiger partial charge in [0.05, 0.1) is 0 Å². The number of hydrogen-bond donors (Lipinski definition) is 0. The molecule has 0 aliphatic heterocycles. The van der Waals surface area contributed by atoms with E-state index in [-0.39, 0.29) is 5.41 Å². The average Bonchev–Trinajstić information content (AvgIpc) is 3.41. The second-order valence-electron chi connectivity index (χ2n) is 13.9.